The summed E-state index contributed by atoms with van der Waals surface area (Å²) in [6, 6.07) is 15.8. The third-order valence-electron chi connectivity index (χ3n) is 6.41. The minimum Gasteiger partial charge on any atom is -0.317 e. The Morgan fingerprint density at radius 1 is 1.06 bits per heavy atom. The number of nitrogens with one attached hydrogen (secondary N) is 1. The van der Waals surface area contributed by atoms with E-state index < -0.39 is 17.8 Å². The van der Waals surface area contributed by atoms with Crippen LogP contribution in [0.4, 0.5) is 23.7 Å². The SMILES string of the molecule is O=C(Nc1cccc(C(F)(F)F)c1)N(Cc1cccnc1)C1CCN(CCc2ccc(Cl)cc2)CC1. The van der Waals surface area contributed by atoms with Gasteiger partial charge in [-0.05, 0) is 66.8 Å². The van der Waals surface area contributed by atoms with Crippen molar-refractivity contribution in [1.29, 1.82) is 0 Å². The van der Waals surface area contributed by atoms with Crippen molar-refractivity contribution < 1.29 is 18.0 Å². The van der Waals surface area contributed by atoms with E-state index in [1.807, 2.05) is 30.3 Å². The number of hydrogen-bond donors (Lipinski definition) is 1. The molecule has 1 aliphatic heterocycles. The van der Waals surface area contributed by atoms with E-state index in [-0.39, 0.29) is 11.7 Å². The number of carbonyl (C=O) groups is 1. The van der Waals surface area contributed by atoms with Crippen molar-refractivity contribution in [2.45, 2.75) is 38.0 Å². The van der Waals surface area contributed by atoms with Crippen LogP contribution in [0.25, 0.3) is 0 Å². The molecule has 3 aromatic rings. The van der Waals surface area contributed by atoms with Gasteiger partial charge in [-0.1, -0.05) is 35.9 Å². The fourth-order valence-corrected chi connectivity index (χ4v) is 4.54. The summed E-state index contributed by atoms with van der Waals surface area (Å²) in [6.45, 7) is 2.90. The second-order valence-corrected chi connectivity index (χ2v) is 9.38. The summed E-state index contributed by atoms with van der Waals surface area (Å²) < 4.78 is 39.4. The maximum atomic E-state index is 13.3. The van der Waals surface area contributed by atoms with E-state index in [9.17, 15) is 18.0 Å². The van der Waals surface area contributed by atoms with E-state index in [0.29, 0.717) is 6.54 Å². The fraction of sp³-hybridized carbons (Fsp3) is 0.333. The average Bonchev–Trinajstić information content (AvgIpc) is 2.87. The second kappa shape index (κ2) is 11.8. The Balaban J connectivity index is 1.41. The largest absolute Gasteiger partial charge is 0.416 e. The van der Waals surface area contributed by atoms with E-state index >= 15 is 0 Å². The molecule has 0 atom stereocenters. The highest BCUT2D eigenvalue weighted by Crippen LogP contribution is 2.31. The zero-order chi connectivity index (χ0) is 25.5. The normalized spacial score (nSPS) is 15.0. The summed E-state index contributed by atoms with van der Waals surface area (Å²) >= 11 is 5.97. The van der Waals surface area contributed by atoms with Gasteiger partial charge < -0.3 is 15.1 Å². The van der Waals surface area contributed by atoms with Gasteiger partial charge >= 0.3 is 12.2 Å². The number of benzene rings is 2. The number of hydrogen-bond acceptors (Lipinski definition) is 3. The molecule has 1 saturated heterocycles. The molecule has 0 saturated carbocycles. The highest BCUT2D eigenvalue weighted by atomic mass is 35.5. The lowest BCUT2D eigenvalue weighted by atomic mass is 10.0. The Kier molecular flexibility index (Phi) is 8.48. The Hall–Kier alpha value is -3.10. The number of alkyl halides is 3. The van der Waals surface area contributed by atoms with Crippen LogP contribution in [0.5, 0.6) is 0 Å². The van der Waals surface area contributed by atoms with Crippen LogP contribution in [0.2, 0.25) is 5.02 Å². The van der Waals surface area contributed by atoms with Crippen molar-refractivity contribution >= 4 is 23.3 Å². The standard InChI is InChI=1S/C27H28ClF3N4O/c28-23-8-6-20(7-9-23)10-14-34-15-11-25(12-16-34)35(19-21-3-2-13-32-18-21)26(36)33-24-5-1-4-22(17-24)27(29,30)31/h1-9,13,17-18,25H,10-12,14-16,19H2,(H,33,36). The maximum Gasteiger partial charge on any atom is 0.416 e. The van der Waals surface area contributed by atoms with Crippen molar-refractivity contribution in [2.75, 3.05) is 25.0 Å². The Morgan fingerprint density at radius 2 is 1.81 bits per heavy atom. The monoisotopic (exact) mass is 516 g/mol. The van der Waals surface area contributed by atoms with Gasteiger partial charge in [-0.25, -0.2) is 4.79 Å². The number of rotatable bonds is 7. The first-order chi connectivity index (χ1) is 17.3. The molecule has 2 heterocycles. The minimum atomic E-state index is -4.48. The molecule has 1 aromatic heterocycles. The predicted molar refractivity (Wildman–Crippen MR) is 135 cm³/mol. The number of urea groups is 1. The van der Waals surface area contributed by atoms with E-state index in [0.717, 1.165) is 61.6 Å². The van der Waals surface area contributed by atoms with E-state index in [4.69, 9.17) is 11.6 Å². The lowest BCUT2D eigenvalue weighted by molar-refractivity contribution is -0.137. The molecule has 36 heavy (non-hydrogen) atoms. The number of carbonyl (C=O) groups excluding carboxylic acids is 1. The van der Waals surface area contributed by atoms with Crippen LogP contribution < -0.4 is 5.32 Å². The molecule has 0 unspecified atom stereocenters. The molecular weight excluding hydrogens is 489 g/mol. The molecule has 5 nitrogen and oxygen atoms in total. The van der Waals surface area contributed by atoms with Gasteiger partial charge in [-0.2, -0.15) is 13.2 Å². The third kappa shape index (κ3) is 7.21. The summed E-state index contributed by atoms with van der Waals surface area (Å²) in [5.41, 5.74) is 1.40. The van der Waals surface area contributed by atoms with Crippen LogP contribution in [0.15, 0.2) is 73.1 Å². The lowest BCUT2D eigenvalue weighted by Gasteiger charge is -2.38. The first-order valence-corrected chi connectivity index (χ1v) is 12.3. The summed E-state index contributed by atoms with van der Waals surface area (Å²) in [4.78, 5) is 21.5. The van der Waals surface area contributed by atoms with Gasteiger partial charge in [0.15, 0.2) is 0 Å². The molecule has 190 valence electrons. The zero-order valence-corrected chi connectivity index (χ0v) is 20.5. The van der Waals surface area contributed by atoms with Crippen LogP contribution in [0.3, 0.4) is 0 Å². The first-order valence-electron chi connectivity index (χ1n) is 11.9. The Labute approximate surface area is 213 Å². The fourth-order valence-electron chi connectivity index (χ4n) is 4.42. The molecule has 4 rings (SSSR count). The van der Waals surface area contributed by atoms with Crippen molar-refractivity contribution in [3.63, 3.8) is 0 Å². The van der Waals surface area contributed by atoms with E-state index in [1.54, 1.807) is 23.4 Å². The van der Waals surface area contributed by atoms with Gasteiger partial charge in [0.05, 0.1) is 5.56 Å². The smallest absolute Gasteiger partial charge is 0.317 e. The highest BCUT2D eigenvalue weighted by molar-refractivity contribution is 6.30. The molecule has 1 N–H and O–H groups in total. The molecule has 0 spiro atoms. The van der Waals surface area contributed by atoms with Crippen molar-refractivity contribution in [3.05, 3.63) is 94.8 Å². The van der Waals surface area contributed by atoms with Crippen LogP contribution in [-0.4, -0.2) is 46.5 Å². The second-order valence-electron chi connectivity index (χ2n) is 8.95. The van der Waals surface area contributed by atoms with Gasteiger partial charge in [0.1, 0.15) is 0 Å². The van der Waals surface area contributed by atoms with Crippen LogP contribution >= 0.6 is 11.6 Å². The van der Waals surface area contributed by atoms with Gasteiger partial charge in [-0.3, -0.25) is 4.98 Å². The lowest BCUT2D eigenvalue weighted by Crippen LogP contribution is -2.48. The summed E-state index contributed by atoms with van der Waals surface area (Å²) in [5, 5.41) is 3.40. The third-order valence-corrected chi connectivity index (χ3v) is 6.66. The molecule has 2 amide bonds. The van der Waals surface area contributed by atoms with Gasteiger partial charge in [0.25, 0.3) is 0 Å². The summed E-state index contributed by atoms with van der Waals surface area (Å²) in [5.74, 6) is 0. The first kappa shape index (κ1) is 26.0. The average molecular weight is 517 g/mol. The summed E-state index contributed by atoms with van der Waals surface area (Å²) in [7, 11) is 0. The number of anilines is 1. The molecule has 9 heteroatoms. The molecule has 0 aliphatic carbocycles. The number of pyridine rings is 1. The number of likely N-dealkylation sites (tertiary alicyclic amines) is 1. The van der Waals surface area contributed by atoms with Gasteiger partial charge in [-0.15, -0.1) is 0 Å². The van der Waals surface area contributed by atoms with Crippen LogP contribution in [0.1, 0.15) is 29.5 Å². The Morgan fingerprint density at radius 3 is 2.47 bits per heavy atom. The van der Waals surface area contributed by atoms with Crippen molar-refractivity contribution in [2.24, 2.45) is 0 Å². The van der Waals surface area contributed by atoms with E-state index in [2.05, 4.69) is 15.2 Å². The van der Waals surface area contributed by atoms with Gasteiger partial charge in [0, 0.05) is 55.3 Å². The minimum absolute atomic E-state index is 0.0391. The zero-order valence-electron chi connectivity index (χ0n) is 19.7. The van der Waals surface area contributed by atoms with Gasteiger partial charge in [0.2, 0.25) is 0 Å². The molecule has 2 aromatic carbocycles. The Bertz CT molecular complexity index is 1130. The van der Waals surface area contributed by atoms with Crippen molar-refractivity contribution in [1.82, 2.24) is 14.8 Å². The number of nitrogens with zero attached hydrogens (tertiary/aromatic N) is 3. The summed E-state index contributed by atoms with van der Waals surface area (Å²) in [6.07, 6.45) is 1.35. The highest BCUT2D eigenvalue weighted by Gasteiger charge is 2.31. The predicted octanol–water partition coefficient (Wildman–Crippen LogP) is 6.50. The number of halogens is 4. The van der Waals surface area contributed by atoms with Crippen molar-refractivity contribution in [3.8, 4) is 0 Å². The molecular formula is C27H28ClF3N4O. The molecule has 0 radical (unpaired) electrons. The number of piperidine rings is 1. The number of amides is 2. The van der Waals surface area contributed by atoms with E-state index in [1.165, 1.54) is 17.7 Å². The maximum absolute atomic E-state index is 13.3. The van der Waals surface area contributed by atoms with Crippen LogP contribution in [0, 0.1) is 0 Å². The van der Waals surface area contributed by atoms with Crippen LogP contribution in [-0.2, 0) is 19.1 Å². The topological polar surface area (TPSA) is 48.5 Å². The molecule has 1 aliphatic rings. The molecule has 1 fully saturated rings. The molecule has 0 bridgehead atoms. The quantitative estimate of drug-likeness (QED) is 0.390. The number of aromatic nitrogens is 1.